The summed E-state index contributed by atoms with van der Waals surface area (Å²) in [5, 5.41) is 0. The van der Waals surface area contributed by atoms with Gasteiger partial charge < -0.3 is 9.80 Å². The maximum atomic E-state index is 2.33. The zero-order chi connectivity index (χ0) is 15.5. The van der Waals surface area contributed by atoms with Crippen LogP contribution in [0.1, 0.15) is 20.8 Å². The third kappa shape index (κ3) is 5.90. The maximum absolute atomic E-state index is 2.33. The van der Waals surface area contributed by atoms with E-state index in [0.29, 0.717) is 0 Å². The van der Waals surface area contributed by atoms with Gasteiger partial charge >= 0.3 is 0 Å². The molecule has 0 spiro atoms. The highest BCUT2D eigenvalue weighted by molar-refractivity contribution is 5.45. The molecular formula is C19H28N2. The Kier molecular flexibility index (Phi) is 8.03. The van der Waals surface area contributed by atoms with Gasteiger partial charge in [0, 0.05) is 38.1 Å². The summed E-state index contributed by atoms with van der Waals surface area (Å²) in [5.41, 5.74) is 2.60. The van der Waals surface area contributed by atoms with Gasteiger partial charge in [-0.15, -0.1) is 0 Å². The molecule has 0 N–H and O–H groups in total. The van der Waals surface area contributed by atoms with Gasteiger partial charge in [-0.05, 0) is 45.0 Å². The number of benzene rings is 2. The summed E-state index contributed by atoms with van der Waals surface area (Å²) in [6.07, 6.45) is 0. The van der Waals surface area contributed by atoms with Crippen molar-refractivity contribution in [3.8, 4) is 0 Å². The van der Waals surface area contributed by atoms with Crippen molar-refractivity contribution < 1.29 is 0 Å². The van der Waals surface area contributed by atoms with Gasteiger partial charge in [-0.25, -0.2) is 0 Å². The molecule has 2 nitrogen and oxygen atoms in total. The summed E-state index contributed by atoms with van der Waals surface area (Å²) in [6, 6.07) is 20.9. The standard InChI is InChI=1S/C10H15N.C9H13N/c1-3-11(4-2)10-8-6-5-7-9-10;1-3-10(2)9-7-5-4-6-8-9/h5-9H,3-4H2,1-2H3;4-8H,3H2,1-2H3. The van der Waals surface area contributed by atoms with Gasteiger partial charge in [0.25, 0.3) is 0 Å². The van der Waals surface area contributed by atoms with Gasteiger partial charge in [0.2, 0.25) is 0 Å². The molecule has 2 heteroatoms. The van der Waals surface area contributed by atoms with Crippen LogP contribution in [0.2, 0.25) is 0 Å². The Labute approximate surface area is 130 Å². The minimum absolute atomic E-state index is 1.06. The van der Waals surface area contributed by atoms with Crippen LogP contribution < -0.4 is 9.80 Å². The number of para-hydroxylation sites is 2. The number of rotatable bonds is 5. The molecule has 2 rings (SSSR count). The SMILES string of the molecule is CCN(C)c1ccccc1.CCN(CC)c1ccccc1. The Morgan fingerprint density at radius 3 is 1.43 bits per heavy atom. The van der Waals surface area contributed by atoms with Crippen LogP contribution in [-0.2, 0) is 0 Å². The van der Waals surface area contributed by atoms with Crippen LogP contribution in [0.5, 0.6) is 0 Å². The first-order chi connectivity index (χ1) is 10.2. The Morgan fingerprint density at radius 2 is 1.05 bits per heavy atom. The van der Waals surface area contributed by atoms with Gasteiger partial charge in [0.05, 0.1) is 0 Å². The Bertz CT molecular complexity index is 463. The smallest absolute Gasteiger partial charge is 0.0365 e. The molecular weight excluding hydrogens is 256 g/mol. The van der Waals surface area contributed by atoms with Crippen LogP contribution >= 0.6 is 0 Å². The third-order valence-corrected chi connectivity index (χ3v) is 3.56. The van der Waals surface area contributed by atoms with E-state index in [9.17, 15) is 0 Å². The summed E-state index contributed by atoms with van der Waals surface area (Å²) >= 11 is 0. The summed E-state index contributed by atoms with van der Waals surface area (Å²) in [7, 11) is 2.09. The van der Waals surface area contributed by atoms with Crippen molar-refractivity contribution in [2.75, 3.05) is 36.5 Å². The lowest BCUT2D eigenvalue weighted by atomic mass is 10.3. The zero-order valence-electron chi connectivity index (χ0n) is 13.8. The van der Waals surface area contributed by atoms with Gasteiger partial charge in [-0.1, -0.05) is 36.4 Å². The van der Waals surface area contributed by atoms with E-state index in [2.05, 4.69) is 86.1 Å². The van der Waals surface area contributed by atoms with Crippen molar-refractivity contribution in [3.63, 3.8) is 0 Å². The summed E-state index contributed by atoms with van der Waals surface area (Å²) in [4.78, 5) is 4.54. The monoisotopic (exact) mass is 284 g/mol. The second kappa shape index (κ2) is 9.87. The summed E-state index contributed by atoms with van der Waals surface area (Å²) in [5.74, 6) is 0. The van der Waals surface area contributed by atoms with Crippen molar-refractivity contribution >= 4 is 11.4 Å². The van der Waals surface area contributed by atoms with E-state index in [0.717, 1.165) is 19.6 Å². The molecule has 0 radical (unpaired) electrons. The lowest BCUT2D eigenvalue weighted by molar-refractivity contribution is 0.866. The van der Waals surface area contributed by atoms with Gasteiger partial charge in [0.15, 0.2) is 0 Å². The van der Waals surface area contributed by atoms with Crippen LogP contribution in [0.25, 0.3) is 0 Å². The number of nitrogens with zero attached hydrogens (tertiary/aromatic N) is 2. The predicted octanol–water partition coefficient (Wildman–Crippen LogP) is 4.68. The van der Waals surface area contributed by atoms with E-state index in [-0.39, 0.29) is 0 Å². The molecule has 0 aliphatic rings. The second-order valence-corrected chi connectivity index (χ2v) is 4.86. The molecule has 0 aliphatic heterocycles. The number of anilines is 2. The van der Waals surface area contributed by atoms with E-state index in [1.807, 2.05) is 12.1 Å². The normalized spacial score (nSPS) is 9.52. The van der Waals surface area contributed by atoms with Crippen LogP contribution in [0.4, 0.5) is 11.4 Å². The molecule has 2 aromatic carbocycles. The molecule has 0 heterocycles. The fraction of sp³-hybridized carbons (Fsp3) is 0.368. The van der Waals surface area contributed by atoms with Crippen LogP contribution in [-0.4, -0.2) is 26.7 Å². The van der Waals surface area contributed by atoms with Crippen LogP contribution in [0.3, 0.4) is 0 Å². The van der Waals surface area contributed by atoms with E-state index >= 15 is 0 Å². The second-order valence-electron chi connectivity index (χ2n) is 4.86. The van der Waals surface area contributed by atoms with Gasteiger partial charge in [-0.2, -0.15) is 0 Å². The lowest BCUT2D eigenvalue weighted by Crippen LogP contribution is -2.21. The quantitative estimate of drug-likeness (QED) is 0.787. The van der Waals surface area contributed by atoms with Gasteiger partial charge in [0.1, 0.15) is 0 Å². The minimum Gasteiger partial charge on any atom is -0.375 e. The maximum Gasteiger partial charge on any atom is 0.0365 e. The van der Waals surface area contributed by atoms with Crippen molar-refractivity contribution in [2.24, 2.45) is 0 Å². The molecule has 21 heavy (non-hydrogen) atoms. The fourth-order valence-electron chi connectivity index (χ4n) is 2.09. The molecule has 0 atom stereocenters. The van der Waals surface area contributed by atoms with Crippen molar-refractivity contribution in [2.45, 2.75) is 20.8 Å². The third-order valence-electron chi connectivity index (χ3n) is 3.56. The van der Waals surface area contributed by atoms with E-state index in [4.69, 9.17) is 0 Å². The van der Waals surface area contributed by atoms with Crippen molar-refractivity contribution in [3.05, 3.63) is 60.7 Å². The first kappa shape index (κ1) is 17.1. The van der Waals surface area contributed by atoms with Gasteiger partial charge in [-0.3, -0.25) is 0 Å². The molecule has 0 aromatic heterocycles. The van der Waals surface area contributed by atoms with Crippen LogP contribution in [0.15, 0.2) is 60.7 Å². The fourth-order valence-corrected chi connectivity index (χ4v) is 2.09. The molecule has 0 saturated heterocycles. The Hall–Kier alpha value is -1.96. The number of hydrogen-bond donors (Lipinski definition) is 0. The summed E-state index contributed by atoms with van der Waals surface area (Å²) in [6.45, 7) is 9.73. The average Bonchev–Trinajstić information content (AvgIpc) is 2.57. The first-order valence-corrected chi connectivity index (χ1v) is 7.79. The van der Waals surface area contributed by atoms with E-state index in [1.165, 1.54) is 11.4 Å². The van der Waals surface area contributed by atoms with E-state index < -0.39 is 0 Å². The molecule has 0 saturated carbocycles. The molecule has 0 unspecified atom stereocenters. The van der Waals surface area contributed by atoms with E-state index in [1.54, 1.807) is 0 Å². The molecule has 0 amide bonds. The molecule has 0 bridgehead atoms. The first-order valence-electron chi connectivity index (χ1n) is 7.79. The van der Waals surface area contributed by atoms with Crippen molar-refractivity contribution in [1.29, 1.82) is 0 Å². The topological polar surface area (TPSA) is 6.48 Å². The minimum atomic E-state index is 1.06. The Balaban J connectivity index is 0.000000211. The predicted molar refractivity (Wildman–Crippen MR) is 95.4 cm³/mol. The average molecular weight is 284 g/mol. The number of hydrogen-bond acceptors (Lipinski definition) is 2. The molecule has 114 valence electrons. The highest BCUT2D eigenvalue weighted by Gasteiger charge is 1.97. The zero-order valence-corrected chi connectivity index (χ0v) is 13.8. The largest absolute Gasteiger partial charge is 0.375 e. The molecule has 2 aromatic rings. The molecule has 0 fully saturated rings. The highest BCUT2D eigenvalue weighted by Crippen LogP contribution is 2.11. The summed E-state index contributed by atoms with van der Waals surface area (Å²) < 4.78 is 0. The Morgan fingerprint density at radius 1 is 0.619 bits per heavy atom. The van der Waals surface area contributed by atoms with Crippen LogP contribution in [0, 0.1) is 0 Å². The molecule has 0 aliphatic carbocycles. The highest BCUT2D eigenvalue weighted by atomic mass is 15.1. The van der Waals surface area contributed by atoms with Crippen molar-refractivity contribution in [1.82, 2.24) is 0 Å². The lowest BCUT2D eigenvalue weighted by Gasteiger charge is -2.20.